The standard InChI is InChI=1S/C12H16F2N2O.ClH/c1-8(15-2)7-16-12(17)6-9-5-10(13)3-4-11(9)14;/h3-5,8,15H,6-7H2,1-2H3,(H,16,17);1H. The fraction of sp³-hybridized carbons (Fsp3) is 0.417. The Labute approximate surface area is 111 Å². The van der Waals surface area contributed by atoms with Crippen molar-refractivity contribution in [3.8, 4) is 0 Å². The molecule has 1 rings (SSSR count). The van der Waals surface area contributed by atoms with Gasteiger partial charge in [0.25, 0.3) is 0 Å². The van der Waals surface area contributed by atoms with Gasteiger partial charge in [-0.25, -0.2) is 8.78 Å². The Morgan fingerprint density at radius 1 is 1.39 bits per heavy atom. The van der Waals surface area contributed by atoms with Crippen molar-refractivity contribution in [2.45, 2.75) is 19.4 Å². The van der Waals surface area contributed by atoms with Gasteiger partial charge in [0, 0.05) is 18.2 Å². The molecule has 1 amide bonds. The SMILES string of the molecule is CNC(C)CNC(=O)Cc1cc(F)ccc1F.Cl. The summed E-state index contributed by atoms with van der Waals surface area (Å²) < 4.78 is 26.1. The van der Waals surface area contributed by atoms with Crippen LogP contribution in [0, 0.1) is 11.6 Å². The van der Waals surface area contributed by atoms with Crippen LogP contribution >= 0.6 is 12.4 Å². The maximum atomic E-state index is 13.2. The minimum atomic E-state index is -0.566. The summed E-state index contributed by atoms with van der Waals surface area (Å²) in [5, 5.41) is 5.59. The first-order valence-corrected chi connectivity index (χ1v) is 5.41. The molecule has 1 aromatic rings. The fourth-order valence-electron chi connectivity index (χ4n) is 1.28. The number of hydrogen-bond donors (Lipinski definition) is 2. The predicted octanol–water partition coefficient (Wildman–Crippen LogP) is 1.65. The van der Waals surface area contributed by atoms with Crippen LogP contribution in [0.5, 0.6) is 0 Å². The lowest BCUT2D eigenvalue weighted by Gasteiger charge is -2.11. The Balaban J connectivity index is 0.00000289. The molecule has 0 aromatic heterocycles. The highest BCUT2D eigenvalue weighted by Crippen LogP contribution is 2.10. The fourth-order valence-corrected chi connectivity index (χ4v) is 1.28. The van der Waals surface area contributed by atoms with Gasteiger partial charge in [0.1, 0.15) is 11.6 Å². The zero-order valence-electron chi connectivity index (χ0n) is 10.3. The zero-order valence-corrected chi connectivity index (χ0v) is 11.1. The van der Waals surface area contributed by atoms with Gasteiger partial charge in [0.2, 0.25) is 5.91 Å². The topological polar surface area (TPSA) is 41.1 Å². The van der Waals surface area contributed by atoms with Crippen LogP contribution in [0.1, 0.15) is 12.5 Å². The van der Waals surface area contributed by atoms with Gasteiger partial charge in [-0.1, -0.05) is 0 Å². The number of carbonyl (C=O) groups excluding carboxylic acids is 1. The van der Waals surface area contributed by atoms with E-state index in [1.165, 1.54) is 0 Å². The molecule has 0 aliphatic carbocycles. The number of rotatable bonds is 5. The number of nitrogens with one attached hydrogen (secondary N) is 2. The summed E-state index contributed by atoms with van der Waals surface area (Å²) in [7, 11) is 1.78. The molecule has 0 saturated heterocycles. The molecule has 0 fully saturated rings. The van der Waals surface area contributed by atoms with Crippen LogP contribution in [-0.2, 0) is 11.2 Å². The second kappa shape index (κ2) is 8.00. The summed E-state index contributed by atoms with van der Waals surface area (Å²) in [6.45, 7) is 2.36. The highest BCUT2D eigenvalue weighted by Gasteiger charge is 2.09. The first-order chi connectivity index (χ1) is 8.02. The Hall–Kier alpha value is -1.20. The zero-order chi connectivity index (χ0) is 12.8. The maximum absolute atomic E-state index is 13.2. The molecule has 0 bridgehead atoms. The summed E-state index contributed by atoms with van der Waals surface area (Å²) in [5.74, 6) is -1.43. The first-order valence-electron chi connectivity index (χ1n) is 5.41. The van der Waals surface area contributed by atoms with Crippen molar-refractivity contribution in [2.24, 2.45) is 0 Å². The average Bonchev–Trinajstić information content (AvgIpc) is 2.30. The summed E-state index contributed by atoms with van der Waals surface area (Å²) in [6.07, 6.45) is -0.153. The average molecular weight is 279 g/mol. The molecule has 6 heteroatoms. The van der Waals surface area contributed by atoms with Crippen LogP contribution in [0.3, 0.4) is 0 Å². The molecule has 18 heavy (non-hydrogen) atoms. The van der Waals surface area contributed by atoms with Crippen molar-refractivity contribution in [3.63, 3.8) is 0 Å². The summed E-state index contributed by atoms with van der Waals surface area (Å²) in [6, 6.07) is 3.22. The highest BCUT2D eigenvalue weighted by atomic mass is 35.5. The molecule has 1 aromatic carbocycles. The minimum Gasteiger partial charge on any atom is -0.354 e. The van der Waals surface area contributed by atoms with Crippen molar-refractivity contribution in [2.75, 3.05) is 13.6 Å². The smallest absolute Gasteiger partial charge is 0.224 e. The largest absolute Gasteiger partial charge is 0.354 e. The third kappa shape index (κ3) is 5.42. The highest BCUT2D eigenvalue weighted by molar-refractivity contribution is 5.85. The minimum absolute atomic E-state index is 0. The first kappa shape index (κ1) is 16.8. The van der Waals surface area contributed by atoms with E-state index in [-0.39, 0.29) is 36.3 Å². The quantitative estimate of drug-likeness (QED) is 0.860. The van der Waals surface area contributed by atoms with Crippen molar-refractivity contribution in [1.82, 2.24) is 10.6 Å². The van der Waals surface area contributed by atoms with Crippen molar-refractivity contribution in [1.29, 1.82) is 0 Å². The van der Waals surface area contributed by atoms with E-state index in [2.05, 4.69) is 10.6 Å². The van der Waals surface area contributed by atoms with Gasteiger partial charge in [0.15, 0.2) is 0 Å². The lowest BCUT2D eigenvalue weighted by atomic mass is 10.1. The Bertz CT molecular complexity index is 402. The summed E-state index contributed by atoms with van der Waals surface area (Å²) in [5.41, 5.74) is 0.0691. The number of amides is 1. The van der Waals surface area contributed by atoms with Crippen molar-refractivity contribution < 1.29 is 13.6 Å². The number of likely N-dealkylation sites (N-methyl/N-ethyl adjacent to an activating group) is 1. The third-order valence-corrected chi connectivity index (χ3v) is 2.46. The maximum Gasteiger partial charge on any atom is 0.224 e. The second-order valence-corrected chi connectivity index (χ2v) is 3.91. The van der Waals surface area contributed by atoms with Gasteiger partial charge in [0.05, 0.1) is 6.42 Å². The lowest BCUT2D eigenvalue weighted by Crippen LogP contribution is -2.37. The van der Waals surface area contributed by atoms with E-state index in [0.717, 1.165) is 18.2 Å². The van der Waals surface area contributed by atoms with Gasteiger partial charge in [-0.05, 0) is 32.2 Å². The van der Waals surface area contributed by atoms with Crippen LogP contribution in [0.2, 0.25) is 0 Å². The van der Waals surface area contributed by atoms with E-state index < -0.39 is 11.6 Å². The molecule has 2 N–H and O–H groups in total. The third-order valence-electron chi connectivity index (χ3n) is 2.46. The number of hydrogen-bond acceptors (Lipinski definition) is 2. The molecule has 102 valence electrons. The van der Waals surface area contributed by atoms with Crippen LogP contribution in [0.25, 0.3) is 0 Å². The molecule has 3 nitrogen and oxygen atoms in total. The molecular weight excluding hydrogens is 262 g/mol. The van der Waals surface area contributed by atoms with Crippen LogP contribution in [-0.4, -0.2) is 25.5 Å². The number of benzene rings is 1. The van der Waals surface area contributed by atoms with Gasteiger partial charge in [-0.15, -0.1) is 12.4 Å². The van der Waals surface area contributed by atoms with Gasteiger partial charge in [-0.3, -0.25) is 4.79 Å². The molecule has 0 radical (unpaired) electrons. The van der Waals surface area contributed by atoms with Crippen LogP contribution < -0.4 is 10.6 Å². The Morgan fingerprint density at radius 2 is 2.06 bits per heavy atom. The van der Waals surface area contributed by atoms with Gasteiger partial charge in [-0.2, -0.15) is 0 Å². The van der Waals surface area contributed by atoms with E-state index in [0.29, 0.717) is 6.54 Å². The van der Waals surface area contributed by atoms with E-state index in [1.54, 1.807) is 7.05 Å². The molecular formula is C12H17ClF2N2O. The predicted molar refractivity (Wildman–Crippen MR) is 68.8 cm³/mol. The van der Waals surface area contributed by atoms with Crippen LogP contribution in [0.15, 0.2) is 18.2 Å². The molecule has 0 spiro atoms. The summed E-state index contributed by atoms with van der Waals surface area (Å²) in [4.78, 5) is 11.5. The van der Waals surface area contributed by atoms with E-state index in [9.17, 15) is 13.6 Å². The normalized spacial score (nSPS) is 11.6. The molecule has 1 unspecified atom stereocenters. The molecule has 1 atom stereocenters. The molecule has 0 heterocycles. The molecule has 0 aliphatic rings. The van der Waals surface area contributed by atoms with Crippen molar-refractivity contribution in [3.05, 3.63) is 35.4 Å². The number of carbonyl (C=O) groups is 1. The van der Waals surface area contributed by atoms with E-state index >= 15 is 0 Å². The van der Waals surface area contributed by atoms with E-state index in [4.69, 9.17) is 0 Å². The monoisotopic (exact) mass is 278 g/mol. The van der Waals surface area contributed by atoms with Crippen molar-refractivity contribution >= 4 is 18.3 Å². The van der Waals surface area contributed by atoms with Gasteiger partial charge < -0.3 is 10.6 Å². The van der Waals surface area contributed by atoms with Gasteiger partial charge >= 0.3 is 0 Å². The Kier molecular flexibility index (Phi) is 7.47. The molecule has 0 aliphatic heterocycles. The van der Waals surface area contributed by atoms with E-state index in [1.807, 2.05) is 6.92 Å². The molecule has 0 saturated carbocycles. The van der Waals surface area contributed by atoms with Crippen LogP contribution in [0.4, 0.5) is 8.78 Å². The lowest BCUT2D eigenvalue weighted by molar-refractivity contribution is -0.120. The number of halogens is 3. The summed E-state index contributed by atoms with van der Waals surface area (Å²) >= 11 is 0. The Morgan fingerprint density at radius 3 is 2.67 bits per heavy atom. The second-order valence-electron chi connectivity index (χ2n) is 3.91.